The second kappa shape index (κ2) is 11.7. The molecule has 0 aliphatic heterocycles. The van der Waals surface area contributed by atoms with Gasteiger partial charge in [0.05, 0.1) is 12.3 Å². The van der Waals surface area contributed by atoms with Gasteiger partial charge in [0.1, 0.15) is 12.4 Å². The molecule has 1 fully saturated rings. The highest BCUT2D eigenvalue weighted by molar-refractivity contribution is 5.94. The highest BCUT2D eigenvalue weighted by atomic mass is 19.4. The molecule has 5 nitrogen and oxygen atoms in total. The van der Waals surface area contributed by atoms with E-state index in [0.29, 0.717) is 30.8 Å². The third-order valence-corrected chi connectivity index (χ3v) is 7.28. The topological polar surface area (TPSA) is 75.6 Å². The quantitative estimate of drug-likeness (QED) is 0.334. The molecule has 4 rings (SSSR count). The van der Waals surface area contributed by atoms with Gasteiger partial charge in [0.25, 0.3) is 5.91 Å². The van der Waals surface area contributed by atoms with Crippen LogP contribution in [0.1, 0.15) is 59.2 Å². The first-order chi connectivity index (χ1) is 18.2. The van der Waals surface area contributed by atoms with Gasteiger partial charge in [-0.15, -0.1) is 0 Å². The molecule has 0 heterocycles. The summed E-state index contributed by atoms with van der Waals surface area (Å²) < 4.78 is 46.3. The summed E-state index contributed by atoms with van der Waals surface area (Å²) in [5.41, 5.74) is 2.52. The Morgan fingerprint density at radius 2 is 1.47 bits per heavy atom. The lowest BCUT2D eigenvalue weighted by atomic mass is 9.63. The normalized spacial score (nSPS) is 19.5. The minimum atomic E-state index is -4.22. The second-order valence-electron chi connectivity index (χ2n) is 9.67. The Bertz CT molecular complexity index is 1220. The summed E-state index contributed by atoms with van der Waals surface area (Å²) in [6.45, 7) is 0.423. The summed E-state index contributed by atoms with van der Waals surface area (Å²) in [4.78, 5) is 23.1. The number of hydrogen-bond donors (Lipinski definition) is 2. The highest BCUT2D eigenvalue weighted by Gasteiger charge is 2.47. The van der Waals surface area contributed by atoms with Crippen molar-refractivity contribution in [3.63, 3.8) is 0 Å². The largest absolute Gasteiger partial charge is 0.489 e. The van der Waals surface area contributed by atoms with Crippen LogP contribution in [0.25, 0.3) is 0 Å². The van der Waals surface area contributed by atoms with E-state index >= 15 is 0 Å². The molecule has 8 heteroatoms. The van der Waals surface area contributed by atoms with Gasteiger partial charge in [-0.25, -0.2) is 0 Å². The molecule has 0 atom stereocenters. The number of nitrogens with one attached hydrogen (secondary N) is 1. The zero-order chi connectivity index (χ0) is 27.2. The van der Waals surface area contributed by atoms with Crippen molar-refractivity contribution < 1.29 is 32.6 Å². The standard InChI is InChI=1S/C30H30F3NO4/c31-30(32,33)25-14-17-29(18-15-25,23-8-6-22(7-9-23)28(37)34-19-16-27(35)36)24-10-12-26(13-11-24)38-20-21-4-2-1-3-5-21/h1-13,25H,14-20H2,(H,34,37)(H,35,36). The van der Waals surface area contributed by atoms with Crippen molar-refractivity contribution in [1.82, 2.24) is 5.32 Å². The first kappa shape index (κ1) is 27.2. The number of halogens is 3. The second-order valence-corrected chi connectivity index (χ2v) is 9.67. The number of carboxylic acids is 1. The van der Waals surface area contributed by atoms with Gasteiger partial charge in [-0.2, -0.15) is 13.2 Å². The molecule has 1 aliphatic carbocycles. The summed E-state index contributed by atoms with van der Waals surface area (Å²) in [6.07, 6.45) is -3.71. The molecule has 0 aromatic heterocycles. The third-order valence-electron chi connectivity index (χ3n) is 7.28. The first-order valence-corrected chi connectivity index (χ1v) is 12.6. The molecule has 0 bridgehead atoms. The van der Waals surface area contributed by atoms with Crippen molar-refractivity contribution in [2.45, 2.75) is 50.3 Å². The number of ether oxygens (including phenoxy) is 1. The van der Waals surface area contributed by atoms with E-state index in [1.807, 2.05) is 54.6 Å². The zero-order valence-electron chi connectivity index (χ0n) is 20.8. The molecule has 1 amide bonds. The van der Waals surface area contributed by atoms with Gasteiger partial charge >= 0.3 is 12.1 Å². The molecule has 3 aromatic rings. The molecule has 0 radical (unpaired) electrons. The lowest BCUT2D eigenvalue weighted by Crippen LogP contribution is -2.37. The molecule has 3 aromatic carbocycles. The van der Waals surface area contributed by atoms with Gasteiger partial charge in [-0.3, -0.25) is 9.59 Å². The van der Waals surface area contributed by atoms with E-state index in [2.05, 4.69) is 5.32 Å². The van der Waals surface area contributed by atoms with Crippen LogP contribution in [0.4, 0.5) is 13.2 Å². The van der Waals surface area contributed by atoms with Gasteiger partial charge in [-0.1, -0.05) is 54.6 Å². The smallest absolute Gasteiger partial charge is 0.391 e. The molecule has 0 saturated heterocycles. The average Bonchev–Trinajstić information content (AvgIpc) is 2.92. The van der Waals surface area contributed by atoms with Gasteiger partial charge in [0.2, 0.25) is 0 Å². The van der Waals surface area contributed by atoms with E-state index < -0.39 is 29.4 Å². The van der Waals surface area contributed by atoms with E-state index in [0.717, 1.165) is 16.7 Å². The minimum absolute atomic E-state index is 0.0113. The van der Waals surface area contributed by atoms with Crippen LogP contribution in [-0.4, -0.2) is 29.7 Å². The Hall–Kier alpha value is -3.81. The fraction of sp³-hybridized carbons (Fsp3) is 0.333. The van der Waals surface area contributed by atoms with Crippen LogP contribution in [0.2, 0.25) is 0 Å². The molecule has 0 unspecified atom stereocenters. The van der Waals surface area contributed by atoms with Gasteiger partial charge in [0, 0.05) is 17.5 Å². The maximum atomic E-state index is 13.5. The predicted molar refractivity (Wildman–Crippen MR) is 137 cm³/mol. The van der Waals surface area contributed by atoms with Crippen molar-refractivity contribution in [2.75, 3.05) is 6.54 Å². The maximum absolute atomic E-state index is 13.5. The van der Waals surface area contributed by atoms with Gasteiger partial charge < -0.3 is 15.2 Å². The molecular weight excluding hydrogens is 495 g/mol. The van der Waals surface area contributed by atoms with E-state index in [4.69, 9.17) is 9.84 Å². The number of carboxylic acid groups (broad SMARTS) is 1. The zero-order valence-corrected chi connectivity index (χ0v) is 20.8. The van der Waals surface area contributed by atoms with Crippen molar-refractivity contribution in [2.24, 2.45) is 5.92 Å². The SMILES string of the molecule is O=C(O)CCNC(=O)c1ccc(C2(c3ccc(OCc4ccccc4)cc3)CCC(C(F)(F)F)CC2)cc1. The lowest BCUT2D eigenvalue weighted by Gasteiger charge is -2.42. The fourth-order valence-electron chi connectivity index (χ4n) is 5.12. The number of carbonyl (C=O) groups is 2. The number of amides is 1. The monoisotopic (exact) mass is 525 g/mol. The van der Waals surface area contributed by atoms with E-state index in [-0.39, 0.29) is 25.8 Å². The van der Waals surface area contributed by atoms with Crippen LogP contribution >= 0.6 is 0 Å². The number of rotatable bonds is 9. The summed E-state index contributed by atoms with van der Waals surface area (Å²) in [5, 5.41) is 11.3. The van der Waals surface area contributed by atoms with E-state index in [9.17, 15) is 22.8 Å². The Balaban J connectivity index is 1.55. The van der Waals surface area contributed by atoms with E-state index in [1.165, 1.54) is 0 Å². The van der Waals surface area contributed by atoms with Crippen molar-refractivity contribution in [3.05, 3.63) is 101 Å². The van der Waals surface area contributed by atoms with Gasteiger partial charge in [-0.05, 0) is 66.6 Å². The summed E-state index contributed by atoms with van der Waals surface area (Å²) >= 11 is 0. The Kier molecular flexibility index (Phi) is 8.39. The van der Waals surface area contributed by atoms with Crippen LogP contribution in [0, 0.1) is 5.92 Å². The number of alkyl halides is 3. The number of aliphatic carboxylic acids is 1. The predicted octanol–water partition coefficient (Wildman–Crippen LogP) is 6.51. The molecule has 1 saturated carbocycles. The Labute approximate surface area is 219 Å². The summed E-state index contributed by atoms with van der Waals surface area (Å²) in [7, 11) is 0. The van der Waals surface area contributed by atoms with Crippen LogP contribution in [0.15, 0.2) is 78.9 Å². The third kappa shape index (κ3) is 6.54. The highest BCUT2D eigenvalue weighted by Crippen LogP contribution is 2.50. The van der Waals surface area contributed by atoms with Crippen molar-refractivity contribution in [3.8, 4) is 5.75 Å². The maximum Gasteiger partial charge on any atom is 0.391 e. The van der Waals surface area contributed by atoms with Crippen LogP contribution in [-0.2, 0) is 16.8 Å². The molecule has 0 spiro atoms. The molecule has 1 aliphatic rings. The van der Waals surface area contributed by atoms with E-state index in [1.54, 1.807) is 24.3 Å². The van der Waals surface area contributed by atoms with Crippen LogP contribution < -0.4 is 10.1 Å². The number of benzene rings is 3. The molecular formula is C30H30F3NO4. The molecule has 38 heavy (non-hydrogen) atoms. The molecule has 2 N–H and O–H groups in total. The van der Waals surface area contributed by atoms with Crippen LogP contribution in [0.5, 0.6) is 5.75 Å². The lowest BCUT2D eigenvalue weighted by molar-refractivity contribution is -0.184. The van der Waals surface area contributed by atoms with Gasteiger partial charge in [0.15, 0.2) is 0 Å². The summed E-state index contributed by atoms with van der Waals surface area (Å²) in [6, 6.07) is 24.1. The Morgan fingerprint density at radius 3 is 2.03 bits per heavy atom. The van der Waals surface area contributed by atoms with Crippen molar-refractivity contribution in [1.29, 1.82) is 0 Å². The number of carbonyl (C=O) groups excluding carboxylic acids is 1. The molecule has 200 valence electrons. The minimum Gasteiger partial charge on any atom is -0.489 e. The van der Waals surface area contributed by atoms with Crippen LogP contribution in [0.3, 0.4) is 0 Å². The van der Waals surface area contributed by atoms with Crippen molar-refractivity contribution >= 4 is 11.9 Å². The first-order valence-electron chi connectivity index (χ1n) is 12.6. The average molecular weight is 526 g/mol. The number of hydrogen-bond acceptors (Lipinski definition) is 3. The Morgan fingerprint density at radius 1 is 0.895 bits per heavy atom. The summed E-state index contributed by atoms with van der Waals surface area (Å²) in [5.74, 6) is -2.06. The fourth-order valence-corrected chi connectivity index (χ4v) is 5.12.